The van der Waals surface area contributed by atoms with Crippen molar-refractivity contribution in [1.82, 2.24) is 4.37 Å². The number of hydrogen-bond acceptors (Lipinski definition) is 5. The molecule has 2 heterocycles. The lowest BCUT2D eigenvalue weighted by atomic mass is 10.3. The molecule has 1 aromatic heterocycles. The van der Waals surface area contributed by atoms with Gasteiger partial charge < -0.3 is 15.4 Å². The summed E-state index contributed by atoms with van der Waals surface area (Å²) in [6.07, 6.45) is 1.36. The molecule has 0 radical (unpaired) electrons. The number of hydrogen-bond donors (Lipinski definition) is 1. The van der Waals surface area contributed by atoms with Crippen LogP contribution in [0.3, 0.4) is 0 Å². The zero-order valence-electron chi connectivity index (χ0n) is 9.19. The van der Waals surface area contributed by atoms with Crippen molar-refractivity contribution in [1.29, 1.82) is 0 Å². The molecule has 1 atom stereocenters. The van der Waals surface area contributed by atoms with E-state index in [4.69, 9.17) is 10.5 Å². The minimum atomic E-state index is 0.287. The summed E-state index contributed by atoms with van der Waals surface area (Å²) in [5.41, 5.74) is 6.87. The Balaban J connectivity index is 2.18. The second kappa shape index (κ2) is 4.37. The van der Waals surface area contributed by atoms with Crippen LogP contribution in [0, 0.1) is 6.92 Å². The highest BCUT2D eigenvalue weighted by Crippen LogP contribution is 2.30. The predicted octanol–water partition coefficient (Wildman–Crippen LogP) is 1.65. The second-order valence-electron chi connectivity index (χ2n) is 3.98. The number of nitrogens with zero attached hydrogens (tertiary/aromatic N) is 2. The van der Waals surface area contributed by atoms with E-state index in [2.05, 4.69) is 16.2 Å². The fraction of sp³-hybridized carbons (Fsp3) is 0.700. The lowest BCUT2D eigenvalue weighted by Crippen LogP contribution is -2.29. The first kappa shape index (κ1) is 10.7. The molecular weight excluding hydrogens is 210 g/mol. The van der Waals surface area contributed by atoms with Crippen LogP contribution in [-0.2, 0) is 4.74 Å². The van der Waals surface area contributed by atoms with E-state index in [0.29, 0.717) is 5.82 Å². The van der Waals surface area contributed by atoms with Crippen LogP contribution in [0.25, 0.3) is 0 Å². The molecule has 0 aromatic carbocycles. The van der Waals surface area contributed by atoms with Crippen molar-refractivity contribution < 1.29 is 4.74 Å². The maximum atomic E-state index is 5.76. The highest BCUT2D eigenvalue weighted by molar-refractivity contribution is 7.10. The lowest BCUT2D eigenvalue weighted by Gasteiger charge is -2.22. The van der Waals surface area contributed by atoms with Gasteiger partial charge in [-0.1, -0.05) is 0 Å². The molecule has 0 spiro atoms. The first-order chi connectivity index (χ1) is 7.18. The van der Waals surface area contributed by atoms with Crippen molar-refractivity contribution >= 4 is 22.4 Å². The Hall–Kier alpha value is -0.810. The van der Waals surface area contributed by atoms with Crippen LogP contribution in [0.4, 0.5) is 10.8 Å². The molecule has 1 aliphatic heterocycles. The van der Waals surface area contributed by atoms with Crippen LogP contribution in [0.15, 0.2) is 0 Å². The summed E-state index contributed by atoms with van der Waals surface area (Å²) in [5.74, 6) is 0.660. The molecule has 15 heavy (non-hydrogen) atoms. The predicted molar refractivity (Wildman–Crippen MR) is 63.5 cm³/mol. The molecule has 1 saturated heterocycles. The van der Waals surface area contributed by atoms with Gasteiger partial charge in [-0.15, -0.1) is 0 Å². The first-order valence-corrected chi connectivity index (χ1v) is 6.04. The standard InChI is InChI=1S/C10H17N3OS/c1-7-6-13(4-3-5-14-7)10-8(2)9(11)12-15-10/h7H,3-6H2,1-2H3,(H2,11,12). The van der Waals surface area contributed by atoms with Crippen LogP contribution >= 0.6 is 11.5 Å². The number of nitrogen functional groups attached to an aromatic ring is 1. The average Bonchev–Trinajstić information content (AvgIpc) is 2.42. The number of aromatic nitrogens is 1. The molecule has 4 nitrogen and oxygen atoms in total. The van der Waals surface area contributed by atoms with Gasteiger partial charge in [0.15, 0.2) is 0 Å². The smallest absolute Gasteiger partial charge is 0.142 e. The summed E-state index contributed by atoms with van der Waals surface area (Å²) in [7, 11) is 0. The summed E-state index contributed by atoms with van der Waals surface area (Å²) in [6, 6.07) is 0. The van der Waals surface area contributed by atoms with Gasteiger partial charge in [0.05, 0.1) is 6.10 Å². The maximum Gasteiger partial charge on any atom is 0.142 e. The van der Waals surface area contributed by atoms with Crippen molar-refractivity contribution in [3.63, 3.8) is 0 Å². The molecule has 2 rings (SSSR count). The van der Waals surface area contributed by atoms with Crippen LogP contribution in [0.5, 0.6) is 0 Å². The molecule has 84 valence electrons. The van der Waals surface area contributed by atoms with E-state index < -0.39 is 0 Å². The van der Waals surface area contributed by atoms with Gasteiger partial charge in [0.2, 0.25) is 0 Å². The number of rotatable bonds is 1. The minimum Gasteiger partial charge on any atom is -0.383 e. The third-order valence-electron chi connectivity index (χ3n) is 2.67. The van der Waals surface area contributed by atoms with Crippen LogP contribution in [-0.4, -0.2) is 30.2 Å². The number of anilines is 2. The molecule has 5 heteroatoms. The maximum absolute atomic E-state index is 5.76. The van der Waals surface area contributed by atoms with E-state index in [1.54, 1.807) is 0 Å². The van der Waals surface area contributed by atoms with Gasteiger partial charge in [0.25, 0.3) is 0 Å². The number of ether oxygens (including phenoxy) is 1. The van der Waals surface area contributed by atoms with Crippen LogP contribution in [0.2, 0.25) is 0 Å². The zero-order valence-corrected chi connectivity index (χ0v) is 10.0. The van der Waals surface area contributed by atoms with E-state index in [1.807, 2.05) is 6.92 Å². The fourth-order valence-corrected chi connectivity index (χ4v) is 2.66. The third-order valence-corrected chi connectivity index (χ3v) is 3.70. The lowest BCUT2D eigenvalue weighted by molar-refractivity contribution is 0.0821. The largest absolute Gasteiger partial charge is 0.383 e. The van der Waals surface area contributed by atoms with Crippen LogP contribution < -0.4 is 10.6 Å². The highest BCUT2D eigenvalue weighted by Gasteiger charge is 2.19. The molecule has 1 fully saturated rings. The summed E-state index contributed by atoms with van der Waals surface area (Å²) in [5, 5.41) is 1.20. The van der Waals surface area contributed by atoms with Gasteiger partial charge >= 0.3 is 0 Å². The van der Waals surface area contributed by atoms with Gasteiger partial charge in [0.1, 0.15) is 10.8 Å². The van der Waals surface area contributed by atoms with E-state index in [-0.39, 0.29) is 6.10 Å². The molecule has 0 aliphatic carbocycles. The minimum absolute atomic E-state index is 0.287. The first-order valence-electron chi connectivity index (χ1n) is 5.27. The van der Waals surface area contributed by atoms with Crippen molar-refractivity contribution in [3.8, 4) is 0 Å². The van der Waals surface area contributed by atoms with Crippen LogP contribution in [0.1, 0.15) is 18.9 Å². The number of nitrogens with two attached hydrogens (primary N) is 1. The quantitative estimate of drug-likeness (QED) is 0.792. The Labute approximate surface area is 94.2 Å². The normalized spacial score (nSPS) is 22.8. The molecule has 1 aromatic rings. The zero-order chi connectivity index (χ0) is 10.8. The third kappa shape index (κ3) is 2.23. The van der Waals surface area contributed by atoms with Gasteiger partial charge in [-0.2, -0.15) is 4.37 Å². The average molecular weight is 227 g/mol. The molecule has 1 unspecified atom stereocenters. The van der Waals surface area contributed by atoms with Gasteiger partial charge in [-0.3, -0.25) is 0 Å². The molecular formula is C10H17N3OS. The second-order valence-corrected chi connectivity index (χ2v) is 4.73. The van der Waals surface area contributed by atoms with Crippen molar-refractivity contribution in [2.75, 3.05) is 30.3 Å². The van der Waals surface area contributed by atoms with Gasteiger partial charge in [-0.25, -0.2) is 0 Å². The Morgan fingerprint density at radius 3 is 3.07 bits per heavy atom. The summed E-state index contributed by atoms with van der Waals surface area (Å²) in [4.78, 5) is 2.33. The van der Waals surface area contributed by atoms with Crippen molar-refractivity contribution in [2.45, 2.75) is 26.4 Å². The van der Waals surface area contributed by atoms with E-state index in [9.17, 15) is 0 Å². The van der Waals surface area contributed by atoms with E-state index >= 15 is 0 Å². The summed E-state index contributed by atoms with van der Waals surface area (Å²) < 4.78 is 9.80. The summed E-state index contributed by atoms with van der Waals surface area (Å²) in [6.45, 7) is 6.96. The van der Waals surface area contributed by atoms with Gasteiger partial charge in [0, 0.05) is 25.3 Å². The Bertz CT molecular complexity index is 339. The van der Waals surface area contributed by atoms with E-state index in [1.165, 1.54) is 16.5 Å². The Kier molecular flexibility index (Phi) is 3.11. The molecule has 1 aliphatic rings. The molecule has 2 N–H and O–H groups in total. The monoisotopic (exact) mass is 227 g/mol. The molecule has 0 amide bonds. The van der Waals surface area contributed by atoms with Gasteiger partial charge in [-0.05, 0) is 31.8 Å². The molecule has 0 saturated carbocycles. The van der Waals surface area contributed by atoms with Crippen molar-refractivity contribution in [2.24, 2.45) is 0 Å². The summed E-state index contributed by atoms with van der Waals surface area (Å²) >= 11 is 1.49. The van der Waals surface area contributed by atoms with E-state index in [0.717, 1.165) is 31.7 Å². The highest BCUT2D eigenvalue weighted by atomic mass is 32.1. The SMILES string of the molecule is Cc1c(N)nsc1N1CCCOC(C)C1. The Morgan fingerprint density at radius 1 is 1.60 bits per heavy atom. The Morgan fingerprint density at radius 2 is 2.40 bits per heavy atom. The fourth-order valence-electron chi connectivity index (χ4n) is 1.81. The topological polar surface area (TPSA) is 51.4 Å². The molecule has 0 bridgehead atoms. The van der Waals surface area contributed by atoms with Crippen molar-refractivity contribution in [3.05, 3.63) is 5.56 Å².